The van der Waals surface area contributed by atoms with Gasteiger partial charge in [0.05, 0.1) is 27.5 Å². The van der Waals surface area contributed by atoms with E-state index >= 15 is 0 Å². The van der Waals surface area contributed by atoms with Crippen LogP contribution in [0.4, 0.5) is 17.1 Å². The summed E-state index contributed by atoms with van der Waals surface area (Å²) in [5, 5.41) is 5.03. The van der Waals surface area contributed by atoms with Crippen LogP contribution < -0.4 is 4.90 Å². The van der Waals surface area contributed by atoms with Crippen molar-refractivity contribution in [2.75, 3.05) is 4.90 Å². The van der Waals surface area contributed by atoms with E-state index in [9.17, 15) is 0 Å². The van der Waals surface area contributed by atoms with Gasteiger partial charge in [0.2, 0.25) is 0 Å². The van der Waals surface area contributed by atoms with Crippen LogP contribution in [-0.4, -0.2) is 9.13 Å². The number of hydrogen-bond donors (Lipinski definition) is 0. The fourth-order valence-corrected chi connectivity index (χ4v) is 11.8. The average Bonchev–Trinajstić information content (AvgIpc) is 4.06. The summed E-state index contributed by atoms with van der Waals surface area (Å²) in [4.78, 5) is 2.42. The molecule has 0 atom stereocenters. The standard InChI is InChI=1S/C67H45N3/c1-3-19-48(20-4-1)67(49-21-5-2-6-22-49)61-29-12-7-24-55(61)60-45-54(42-43-62(60)67)68(51-38-40-52(41-39-51)69-63-30-13-8-25-56(63)57-26-9-14-31-64(57)69)50-36-34-46(35-37-50)47-18-17-23-53(44-47)70-65-32-15-10-27-58(65)59-28-11-16-33-66(59)70/h1-45H. The lowest BCUT2D eigenvalue weighted by Gasteiger charge is -2.34. The number of para-hydroxylation sites is 4. The van der Waals surface area contributed by atoms with Gasteiger partial charge in [-0.3, -0.25) is 0 Å². The molecule has 1 aliphatic carbocycles. The third kappa shape index (κ3) is 6.01. The number of aromatic nitrogens is 2. The second kappa shape index (κ2) is 16.0. The third-order valence-corrected chi connectivity index (χ3v) is 14.8. The Labute approximate surface area is 407 Å². The SMILES string of the molecule is c1ccc(C2(c3ccccc3)c3ccccc3-c3cc(N(c4ccc(-c5cccc(-n6c7ccccc7c7ccccc76)c5)cc4)c4ccc(-n5c6ccccc6c6ccccc65)cc4)ccc32)cc1. The van der Waals surface area contributed by atoms with Crippen LogP contribution in [0.2, 0.25) is 0 Å². The summed E-state index contributed by atoms with van der Waals surface area (Å²) in [5.41, 5.74) is 19.8. The molecule has 0 radical (unpaired) electrons. The average molecular weight is 892 g/mol. The largest absolute Gasteiger partial charge is 0.310 e. The molecule has 0 amide bonds. The normalized spacial score (nSPS) is 12.7. The van der Waals surface area contributed by atoms with Gasteiger partial charge >= 0.3 is 0 Å². The summed E-state index contributed by atoms with van der Waals surface area (Å²) in [5.74, 6) is 0. The highest BCUT2D eigenvalue weighted by Crippen LogP contribution is 2.57. The molecule has 0 fully saturated rings. The Morgan fingerprint density at radius 1 is 0.271 bits per heavy atom. The van der Waals surface area contributed by atoms with Gasteiger partial charge in [0.25, 0.3) is 0 Å². The van der Waals surface area contributed by atoms with Crippen LogP contribution in [0, 0.1) is 0 Å². The molecule has 13 aromatic rings. The van der Waals surface area contributed by atoms with Crippen molar-refractivity contribution in [3.63, 3.8) is 0 Å². The van der Waals surface area contributed by atoms with E-state index in [-0.39, 0.29) is 0 Å². The van der Waals surface area contributed by atoms with Gasteiger partial charge in [0.1, 0.15) is 0 Å². The molecule has 328 valence electrons. The maximum atomic E-state index is 2.42. The summed E-state index contributed by atoms with van der Waals surface area (Å²) in [6.45, 7) is 0. The van der Waals surface area contributed by atoms with Crippen molar-refractivity contribution in [3.05, 3.63) is 295 Å². The highest BCUT2D eigenvalue weighted by atomic mass is 15.1. The molecule has 70 heavy (non-hydrogen) atoms. The molecule has 0 unspecified atom stereocenters. The predicted octanol–water partition coefficient (Wildman–Crippen LogP) is 17.4. The summed E-state index contributed by atoms with van der Waals surface area (Å²) in [7, 11) is 0. The lowest BCUT2D eigenvalue weighted by Crippen LogP contribution is -2.28. The quantitative estimate of drug-likeness (QED) is 0.148. The number of benzene rings is 11. The van der Waals surface area contributed by atoms with Crippen molar-refractivity contribution < 1.29 is 0 Å². The van der Waals surface area contributed by atoms with Crippen LogP contribution in [-0.2, 0) is 5.41 Å². The summed E-state index contributed by atoms with van der Waals surface area (Å²) >= 11 is 0. The molecule has 0 N–H and O–H groups in total. The Balaban J connectivity index is 0.921. The first kappa shape index (κ1) is 39.9. The molecule has 0 saturated heterocycles. The first-order valence-corrected chi connectivity index (χ1v) is 24.2. The smallest absolute Gasteiger partial charge is 0.0713 e. The zero-order chi connectivity index (χ0) is 46.2. The monoisotopic (exact) mass is 891 g/mol. The fraction of sp³-hybridized carbons (Fsp3) is 0.0149. The van der Waals surface area contributed by atoms with Crippen molar-refractivity contribution in [1.29, 1.82) is 0 Å². The van der Waals surface area contributed by atoms with Crippen LogP contribution in [0.1, 0.15) is 22.3 Å². The number of fused-ring (bicyclic) bond motifs is 9. The maximum Gasteiger partial charge on any atom is 0.0713 e. The number of hydrogen-bond acceptors (Lipinski definition) is 1. The van der Waals surface area contributed by atoms with E-state index in [2.05, 4.69) is 287 Å². The molecule has 2 heterocycles. The van der Waals surface area contributed by atoms with Gasteiger partial charge in [-0.15, -0.1) is 0 Å². The third-order valence-electron chi connectivity index (χ3n) is 14.8. The Morgan fingerprint density at radius 2 is 0.714 bits per heavy atom. The topological polar surface area (TPSA) is 13.1 Å². The first-order valence-electron chi connectivity index (χ1n) is 24.2. The summed E-state index contributed by atoms with van der Waals surface area (Å²) in [6, 6.07) is 100. The number of rotatable bonds is 8. The van der Waals surface area contributed by atoms with E-state index in [0.29, 0.717) is 0 Å². The van der Waals surface area contributed by atoms with E-state index in [1.54, 1.807) is 0 Å². The fourth-order valence-electron chi connectivity index (χ4n) is 11.8. The Hall–Kier alpha value is -9.18. The Kier molecular flexibility index (Phi) is 9.11. The zero-order valence-corrected chi connectivity index (χ0v) is 38.3. The minimum absolute atomic E-state index is 0.475. The van der Waals surface area contributed by atoms with E-state index in [1.807, 2.05) is 0 Å². The molecule has 3 nitrogen and oxygen atoms in total. The van der Waals surface area contributed by atoms with E-state index < -0.39 is 5.41 Å². The first-order chi connectivity index (χ1) is 34.7. The van der Waals surface area contributed by atoms with Crippen molar-refractivity contribution in [1.82, 2.24) is 9.13 Å². The lowest BCUT2D eigenvalue weighted by molar-refractivity contribution is 0.768. The van der Waals surface area contributed by atoms with Gasteiger partial charge in [0.15, 0.2) is 0 Å². The Morgan fingerprint density at radius 3 is 1.27 bits per heavy atom. The second-order valence-electron chi connectivity index (χ2n) is 18.4. The highest BCUT2D eigenvalue weighted by Gasteiger charge is 2.46. The lowest BCUT2D eigenvalue weighted by atomic mass is 9.68. The molecule has 1 aliphatic rings. The molecule has 0 aliphatic heterocycles. The molecule has 0 spiro atoms. The molecule has 0 bridgehead atoms. The van der Waals surface area contributed by atoms with Crippen molar-refractivity contribution >= 4 is 60.7 Å². The maximum absolute atomic E-state index is 2.42. The molecular weight excluding hydrogens is 847 g/mol. The predicted molar refractivity (Wildman–Crippen MR) is 293 cm³/mol. The van der Waals surface area contributed by atoms with Gasteiger partial charge in [-0.1, -0.05) is 188 Å². The second-order valence-corrected chi connectivity index (χ2v) is 18.4. The van der Waals surface area contributed by atoms with Gasteiger partial charge in [-0.05, 0) is 129 Å². The van der Waals surface area contributed by atoms with E-state index in [0.717, 1.165) is 34.0 Å². The van der Waals surface area contributed by atoms with Gasteiger partial charge in [0, 0.05) is 50.0 Å². The van der Waals surface area contributed by atoms with Crippen LogP contribution in [0.3, 0.4) is 0 Å². The van der Waals surface area contributed by atoms with Crippen LogP contribution in [0.5, 0.6) is 0 Å². The molecule has 11 aromatic carbocycles. The van der Waals surface area contributed by atoms with Crippen LogP contribution >= 0.6 is 0 Å². The van der Waals surface area contributed by atoms with Gasteiger partial charge in [-0.25, -0.2) is 0 Å². The summed E-state index contributed by atoms with van der Waals surface area (Å²) < 4.78 is 4.78. The Bertz CT molecular complexity index is 3960. The van der Waals surface area contributed by atoms with E-state index in [4.69, 9.17) is 0 Å². The van der Waals surface area contributed by atoms with Crippen molar-refractivity contribution in [3.8, 4) is 33.6 Å². The molecule has 0 saturated carbocycles. The molecule has 2 aromatic heterocycles. The van der Waals surface area contributed by atoms with Gasteiger partial charge in [-0.2, -0.15) is 0 Å². The van der Waals surface area contributed by atoms with Crippen LogP contribution in [0.25, 0.3) is 77.2 Å². The van der Waals surface area contributed by atoms with Gasteiger partial charge < -0.3 is 14.0 Å². The number of nitrogens with zero attached hydrogens (tertiary/aromatic N) is 3. The van der Waals surface area contributed by atoms with Crippen molar-refractivity contribution in [2.45, 2.75) is 5.41 Å². The van der Waals surface area contributed by atoms with E-state index in [1.165, 1.54) is 82.6 Å². The highest BCUT2D eigenvalue weighted by molar-refractivity contribution is 6.10. The number of anilines is 3. The minimum atomic E-state index is -0.475. The van der Waals surface area contributed by atoms with Crippen LogP contribution in [0.15, 0.2) is 273 Å². The minimum Gasteiger partial charge on any atom is -0.310 e. The molecule has 3 heteroatoms. The van der Waals surface area contributed by atoms with Crippen molar-refractivity contribution in [2.24, 2.45) is 0 Å². The molecular formula is C67H45N3. The zero-order valence-electron chi connectivity index (χ0n) is 38.3. The molecule has 14 rings (SSSR count). The summed E-state index contributed by atoms with van der Waals surface area (Å²) in [6.07, 6.45) is 0.